The molecular formula is C12H10N4O3. The van der Waals surface area contributed by atoms with Crippen LogP contribution in [0, 0.1) is 6.57 Å². The lowest BCUT2D eigenvalue weighted by Crippen LogP contribution is -2.08. The van der Waals surface area contributed by atoms with E-state index in [4.69, 9.17) is 6.57 Å². The van der Waals surface area contributed by atoms with Crippen LogP contribution in [0.2, 0.25) is 0 Å². The predicted molar refractivity (Wildman–Crippen MR) is 65.8 cm³/mol. The van der Waals surface area contributed by atoms with Crippen LogP contribution in [-0.2, 0) is 16.1 Å². The summed E-state index contributed by atoms with van der Waals surface area (Å²) in [5.41, 5.74) is 0.635. The minimum Gasteiger partial charge on any atom is -0.465 e. The van der Waals surface area contributed by atoms with E-state index in [1.165, 1.54) is 31.0 Å². The lowest BCUT2D eigenvalue weighted by Gasteiger charge is -1.99. The molecule has 0 unspecified atom stereocenters. The lowest BCUT2D eigenvalue weighted by molar-refractivity contribution is -0.117. The van der Waals surface area contributed by atoms with Gasteiger partial charge in [0.05, 0.1) is 12.7 Å². The molecule has 7 nitrogen and oxygen atoms in total. The molecule has 0 N–H and O–H groups in total. The van der Waals surface area contributed by atoms with Gasteiger partial charge in [-0.1, -0.05) is 6.57 Å². The number of hydrogen-bond donors (Lipinski definition) is 0. The Morgan fingerprint density at radius 2 is 2.26 bits per heavy atom. The number of rotatable bonds is 3. The highest BCUT2D eigenvalue weighted by Gasteiger charge is 2.17. The first-order valence-electron chi connectivity index (χ1n) is 5.38. The number of esters is 1. The van der Waals surface area contributed by atoms with Gasteiger partial charge in [-0.25, -0.2) is 9.78 Å². The summed E-state index contributed by atoms with van der Waals surface area (Å²) in [6.45, 7) is 8.53. The molecule has 2 rings (SSSR count). The number of carbonyl (C=O) groups excluding carboxylic acids is 2. The molecule has 0 amide bonds. The van der Waals surface area contributed by atoms with Gasteiger partial charge < -0.3 is 9.58 Å². The Kier molecular flexibility index (Phi) is 3.25. The zero-order valence-electron chi connectivity index (χ0n) is 10.4. The fraction of sp³-hybridized carbons (Fsp3) is 0.250. The number of ether oxygens (including phenoxy) is 1. The van der Waals surface area contributed by atoms with Crippen LogP contribution in [0.3, 0.4) is 0 Å². The number of fused-ring (bicyclic) bond motifs is 1. The van der Waals surface area contributed by atoms with Crippen molar-refractivity contribution < 1.29 is 14.3 Å². The fourth-order valence-corrected chi connectivity index (χ4v) is 1.68. The minimum atomic E-state index is -0.537. The van der Waals surface area contributed by atoms with Gasteiger partial charge in [-0.15, -0.1) is 0 Å². The van der Waals surface area contributed by atoms with Crippen LogP contribution in [0.5, 0.6) is 0 Å². The summed E-state index contributed by atoms with van der Waals surface area (Å²) in [7, 11) is 1.27. The van der Waals surface area contributed by atoms with E-state index in [9.17, 15) is 9.59 Å². The smallest absolute Gasteiger partial charge is 0.339 e. The maximum Gasteiger partial charge on any atom is 0.339 e. The highest BCUT2D eigenvalue weighted by molar-refractivity contribution is 5.97. The summed E-state index contributed by atoms with van der Waals surface area (Å²) in [6, 6.07) is 1.49. The van der Waals surface area contributed by atoms with Crippen molar-refractivity contribution >= 4 is 28.6 Å². The molecule has 0 saturated heterocycles. The SMILES string of the molecule is [C-]#[N+]c1nn(CC(C)=O)c2ncc(C(=O)OC)cc12. The summed E-state index contributed by atoms with van der Waals surface area (Å²) >= 11 is 0. The second kappa shape index (κ2) is 4.86. The summed E-state index contributed by atoms with van der Waals surface area (Å²) < 4.78 is 5.95. The largest absolute Gasteiger partial charge is 0.465 e. The number of ketones is 1. The Bertz CT molecular complexity index is 712. The molecule has 19 heavy (non-hydrogen) atoms. The van der Waals surface area contributed by atoms with Crippen LogP contribution in [0.15, 0.2) is 12.3 Å². The van der Waals surface area contributed by atoms with E-state index in [2.05, 4.69) is 19.7 Å². The van der Waals surface area contributed by atoms with E-state index in [-0.39, 0.29) is 23.7 Å². The van der Waals surface area contributed by atoms with Crippen molar-refractivity contribution in [3.8, 4) is 0 Å². The van der Waals surface area contributed by atoms with E-state index < -0.39 is 5.97 Å². The van der Waals surface area contributed by atoms with E-state index in [1.807, 2.05) is 0 Å². The summed E-state index contributed by atoms with van der Waals surface area (Å²) in [5, 5.41) is 4.43. The molecule has 0 saturated carbocycles. The third-order valence-electron chi connectivity index (χ3n) is 2.47. The second-order valence-electron chi connectivity index (χ2n) is 3.88. The zero-order valence-corrected chi connectivity index (χ0v) is 10.4. The van der Waals surface area contributed by atoms with Crippen molar-refractivity contribution in [2.45, 2.75) is 13.5 Å². The van der Waals surface area contributed by atoms with Gasteiger partial charge in [-0.05, 0) is 18.1 Å². The van der Waals surface area contributed by atoms with Gasteiger partial charge in [0.2, 0.25) is 0 Å². The monoisotopic (exact) mass is 258 g/mol. The molecule has 7 heteroatoms. The molecule has 2 aromatic rings. The minimum absolute atomic E-state index is 0.0383. The summed E-state index contributed by atoms with van der Waals surface area (Å²) in [6.07, 6.45) is 1.33. The molecule has 0 bridgehead atoms. The van der Waals surface area contributed by atoms with Gasteiger partial charge in [-0.3, -0.25) is 4.79 Å². The molecule has 0 spiro atoms. The van der Waals surface area contributed by atoms with Gasteiger partial charge in [0.15, 0.2) is 11.4 Å². The highest BCUT2D eigenvalue weighted by atomic mass is 16.5. The third kappa shape index (κ3) is 2.28. The average molecular weight is 258 g/mol. The van der Waals surface area contributed by atoms with Crippen LogP contribution in [-0.4, -0.2) is 33.6 Å². The number of methoxy groups -OCH3 is 1. The number of nitrogens with zero attached hydrogens (tertiary/aromatic N) is 4. The molecule has 0 aliphatic rings. The molecule has 0 aliphatic carbocycles. The fourth-order valence-electron chi connectivity index (χ4n) is 1.68. The van der Waals surface area contributed by atoms with Crippen LogP contribution in [0.1, 0.15) is 17.3 Å². The maximum absolute atomic E-state index is 11.4. The normalized spacial score (nSPS) is 10.2. The second-order valence-corrected chi connectivity index (χ2v) is 3.88. The predicted octanol–water partition coefficient (Wildman–Crippen LogP) is 1.36. The molecule has 96 valence electrons. The Labute approximate surface area is 108 Å². The quantitative estimate of drug-likeness (QED) is 0.613. The highest BCUT2D eigenvalue weighted by Crippen LogP contribution is 2.25. The maximum atomic E-state index is 11.4. The Morgan fingerprint density at radius 1 is 1.53 bits per heavy atom. The molecular weight excluding hydrogens is 248 g/mol. The summed E-state index contributed by atoms with van der Waals surface area (Å²) in [5.74, 6) is -0.529. The third-order valence-corrected chi connectivity index (χ3v) is 2.47. The Balaban J connectivity index is 2.63. The number of carbonyl (C=O) groups is 2. The molecule has 0 aliphatic heterocycles. The number of aromatic nitrogens is 3. The first-order chi connectivity index (χ1) is 9.06. The molecule has 2 heterocycles. The van der Waals surface area contributed by atoms with Crippen molar-refractivity contribution in [2.75, 3.05) is 7.11 Å². The van der Waals surface area contributed by atoms with Crippen molar-refractivity contribution in [1.82, 2.24) is 14.8 Å². The van der Waals surface area contributed by atoms with Crippen molar-refractivity contribution in [3.05, 3.63) is 29.2 Å². The number of pyridine rings is 1. The molecule has 0 radical (unpaired) electrons. The van der Waals surface area contributed by atoms with Crippen LogP contribution in [0.25, 0.3) is 15.9 Å². The first kappa shape index (κ1) is 12.7. The van der Waals surface area contributed by atoms with Crippen LogP contribution >= 0.6 is 0 Å². The van der Waals surface area contributed by atoms with Crippen molar-refractivity contribution in [3.63, 3.8) is 0 Å². The first-order valence-corrected chi connectivity index (χ1v) is 5.38. The average Bonchev–Trinajstić information content (AvgIpc) is 2.74. The molecule has 2 aromatic heterocycles. The van der Waals surface area contributed by atoms with Gasteiger partial charge in [0.1, 0.15) is 6.54 Å². The van der Waals surface area contributed by atoms with Gasteiger partial charge in [0.25, 0.3) is 0 Å². The molecule has 0 atom stereocenters. The van der Waals surface area contributed by atoms with E-state index in [1.54, 1.807) is 0 Å². The molecule has 0 fully saturated rings. The molecule has 0 aromatic carbocycles. The standard InChI is InChI=1S/C12H10N4O3/c1-7(17)6-16-11-9(10(13-2)15-16)4-8(5-14-11)12(18)19-3/h4-5H,6H2,1,3H3. The van der Waals surface area contributed by atoms with Crippen molar-refractivity contribution in [2.24, 2.45) is 0 Å². The summed E-state index contributed by atoms with van der Waals surface area (Å²) in [4.78, 5) is 29.9. The van der Waals surface area contributed by atoms with Gasteiger partial charge in [0, 0.05) is 11.6 Å². The lowest BCUT2D eigenvalue weighted by atomic mass is 10.2. The van der Waals surface area contributed by atoms with Crippen LogP contribution in [0.4, 0.5) is 5.82 Å². The topological polar surface area (TPSA) is 78.4 Å². The Hall–Kier alpha value is -2.75. The van der Waals surface area contributed by atoms with E-state index >= 15 is 0 Å². The number of hydrogen-bond acceptors (Lipinski definition) is 5. The van der Waals surface area contributed by atoms with Gasteiger partial charge >= 0.3 is 11.8 Å². The number of Topliss-reactive ketones (excluding diaryl/α,β-unsaturated/α-hetero) is 1. The van der Waals surface area contributed by atoms with Crippen LogP contribution < -0.4 is 0 Å². The van der Waals surface area contributed by atoms with Crippen molar-refractivity contribution in [1.29, 1.82) is 0 Å². The zero-order chi connectivity index (χ0) is 14.0. The van der Waals surface area contributed by atoms with E-state index in [0.29, 0.717) is 11.0 Å². The Morgan fingerprint density at radius 3 is 2.84 bits per heavy atom. The van der Waals surface area contributed by atoms with E-state index in [0.717, 1.165) is 0 Å². The van der Waals surface area contributed by atoms with Gasteiger partial charge in [-0.2, -0.15) is 4.68 Å².